The molecule has 1 saturated heterocycles. The Morgan fingerprint density at radius 1 is 0.903 bits per heavy atom. The predicted molar refractivity (Wildman–Crippen MR) is 124 cm³/mol. The number of benzene rings is 1. The molecule has 176 valence electrons. The minimum absolute atomic E-state index is 0.256. The normalized spacial score (nSPS) is 14.8. The molecule has 0 bridgehead atoms. The molecule has 6 heteroatoms. The van der Waals surface area contributed by atoms with Crippen LogP contribution in [0.25, 0.3) is 0 Å². The predicted octanol–water partition coefficient (Wildman–Crippen LogP) is 5.35. The van der Waals surface area contributed by atoms with E-state index < -0.39 is 11.9 Å². The molecule has 1 aliphatic heterocycles. The molecular formula is C25H41NO5. The van der Waals surface area contributed by atoms with Crippen LogP contribution in [0.4, 0.5) is 0 Å². The van der Waals surface area contributed by atoms with Gasteiger partial charge in [0.05, 0.1) is 6.61 Å². The van der Waals surface area contributed by atoms with Gasteiger partial charge >= 0.3 is 11.9 Å². The van der Waals surface area contributed by atoms with Gasteiger partial charge in [0.2, 0.25) is 0 Å². The lowest BCUT2D eigenvalue weighted by Gasteiger charge is -2.23. The van der Waals surface area contributed by atoms with Gasteiger partial charge in [-0.2, -0.15) is 0 Å². The third-order valence-electron chi connectivity index (χ3n) is 6.04. The minimum atomic E-state index is -1.82. The van der Waals surface area contributed by atoms with E-state index in [-0.39, 0.29) is 5.41 Å². The van der Waals surface area contributed by atoms with Crippen molar-refractivity contribution in [1.82, 2.24) is 4.90 Å². The van der Waals surface area contributed by atoms with Crippen LogP contribution in [0.15, 0.2) is 24.3 Å². The van der Waals surface area contributed by atoms with Crippen LogP contribution in [-0.4, -0.2) is 53.3 Å². The number of nitrogens with zero attached hydrogens (tertiary/aromatic N) is 1. The monoisotopic (exact) mass is 435 g/mol. The zero-order valence-electron chi connectivity index (χ0n) is 19.6. The number of hydrogen-bond donors (Lipinski definition) is 2. The van der Waals surface area contributed by atoms with Crippen LogP contribution < -0.4 is 4.74 Å². The summed E-state index contributed by atoms with van der Waals surface area (Å²) in [5, 5.41) is 14.8. The lowest BCUT2D eigenvalue weighted by molar-refractivity contribution is -0.159. The van der Waals surface area contributed by atoms with Crippen molar-refractivity contribution in [2.45, 2.75) is 84.0 Å². The van der Waals surface area contributed by atoms with E-state index >= 15 is 0 Å². The van der Waals surface area contributed by atoms with Crippen molar-refractivity contribution < 1.29 is 24.5 Å². The number of hydrogen-bond acceptors (Lipinski definition) is 4. The highest BCUT2D eigenvalue weighted by Crippen LogP contribution is 2.28. The smallest absolute Gasteiger partial charge is 0.414 e. The molecule has 1 heterocycles. The van der Waals surface area contributed by atoms with Gasteiger partial charge in [0.25, 0.3) is 0 Å². The molecule has 1 fully saturated rings. The average molecular weight is 436 g/mol. The van der Waals surface area contributed by atoms with Crippen molar-refractivity contribution in [3.05, 3.63) is 29.8 Å². The van der Waals surface area contributed by atoms with E-state index in [1.165, 1.54) is 76.6 Å². The van der Waals surface area contributed by atoms with Gasteiger partial charge in [-0.15, -0.1) is 0 Å². The highest BCUT2D eigenvalue weighted by atomic mass is 16.5. The Bertz CT molecular complexity index is 622. The summed E-state index contributed by atoms with van der Waals surface area (Å²) < 4.78 is 5.91. The maximum atomic E-state index is 9.10. The first-order valence-electron chi connectivity index (χ1n) is 11.7. The van der Waals surface area contributed by atoms with Crippen molar-refractivity contribution >= 4 is 11.9 Å². The standard InChI is InChI=1S/C23H39NO.C2H2O4/c1-4-23(2,3)21-13-15-22(16-14-21)25-20-12-8-7-11-19-24-17-9-5-6-10-18-24;3-1(4)2(5)6/h13-16H,4-12,17-20H2,1-3H3;(H,3,4)(H,5,6). The zero-order valence-corrected chi connectivity index (χ0v) is 19.6. The molecule has 0 radical (unpaired) electrons. The molecule has 2 rings (SSSR count). The maximum absolute atomic E-state index is 9.10. The molecule has 0 atom stereocenters. The summed E-state index contributed by atoms with van der Waals surface area (Å²) >= 11 is 0. The summed E-state index contributed by atoms with van der Waals surface area (Å²) in [6.45, 7) is 11.7. The lowest BCUT2D eigenvalue weighted by atomic mass is 9.82. The van der Waals surface area contributed by atoms with Crippen LogP contribution in [0, 0.1) is 0 Å². The van der Waals surface area contributed by atoms with E-state index in [0.29, 0.717) is 0 Å². The van der Waals surface area contributed by atoms with E-state index in [1.807, 2.05) is 0 Å². The summed E-state index contributed by atoms with van der Waals surface area (Å²) in [5.74, 6) is -2.63. The molecule has 0 amide bonds. The van der Waals surface area contributed by atoms with Gasteiger partial charge in [0.1, 0.15) is 5.75 Å². The second kappa shape index (κ2) is 14.8. The quantitative estimate of drug-likeness (QED) is 0.381. The van der Waals surface area contributed by atoms with Crippen molar-refractivity contribution in [3.8, 4) is 5.75 Å². The fraction of sp³-hybridized carbons (Fsp3) is 0.680. The highest BCUT2D eigenvalue weighted by molar-refractivity contribution is 6.27. The Kier molecular flexibility index (Phi) is 12.9. The molecule has 0 unspecified atom stereocenters. The number of likely N-dealkylation sites (tertiary alicyclic amines) is 1. The van der Waals surface area contributed by atoms with Gasteiger partial charge in [-0.25, -0.2) is 9.59 Å². The van der Waals surface area contributed by atoms with Crippen LogP contribution in [0.2, 0.25) is 0 Å². The number of ether oxygens (including phenoxy) is 1. The summed E-state index contributed by atoms with van der Waals surface area (Å²) in [6.07, 6.45) is 12.0. The van der Waals surface area contributed by atoms with Crippen molar-refractivity contribution in [3.63, 3.8) is 0 Å². The Morgan fingerprint density at radius 2 is 1.45 bits per heavy atom. The Morgan fingerprint density at radius 3 is 1.97 bits per heavy atom. The Labute approximate surface area is 187 Å². The molecule has 0 aliphatic carbocycles. The number of carboxylic acid groups (broad SMARTS) is 2. The third kappa shape index (κ3) is 11.8. The van der Waals surface area contributed by atoms with Gasteiger partial charge in [-0.3, -0.25) is 0 Å². The second-order valence-electron chi connectivity index (χ2n) is 8.89. The summed E-state index contributed by atoms with van der Waals surface area (Å²) in [5.41, 5.74) is 1.65. The van der Waals surface area contributed by atoms with Crippen molar-refractivity contribution in [2.75, 3.05) is 26.2 Å². The fourth-order valence-corrected chi connectivity index (χ4v) is 3.55. The van der Waals surface area contributed by atoms with Crippen LogP contribution >= 0.6 is 0 Å². The molecule has 31 heavy (non-hydrogen) atoms. The summed E-state index contributed by atoms with van der Waals surface area (Å²) in [4.78, 5) is 20.9. The SMILES string of the molecule is CCC(C)(C)c1ccc(OCCCCCCN2CCCCCC2)cc1.O=C(O)C(=O)O. The highest BCUT2D eigenvalue weighted by Gasteiger charge is 2.17. The molecule has 1 aromatic carbocycles. The van der Waals surface area contributed by atoms with Gasteiger partial charge in [-0.1, -0.05) is 58.6 Å². The van der Waals surface area contributed by atoms with E-state index in [2.05, 4.69) is 49.9 Å². The second-order valence-corrected chi connectivity index (χ2v) is 8.89. The molecule has 1 aliphatic rings. The van der Waals surface area contributed by atoms with Crippen molar-refractivity contribution in [1.29, 1.82) is 0 Å². The average Bonchev–Trinajstić information content (AvgIpc) is 3.02. The molecule has 2 N–H and O–H groups in total. The molecule has 0 saturated carbocycles. The Hall–Kier alpha value is -2.08. The van der Waals surface area contributed by atoms with E-state index in [1.54, 1.807) is 0 Å². The van der Waals surface area contributed by atoms with Crippen LogP contribution in [-0.2, 0) is 15.0 Å². The third-order valence-corrected chi connectivity index (χ3v) is 6.04. The molecular weight excluding hydrogens is 394 g/mol. The molecule has 6 nitrogen and oxygen atoms in total. The Balaban J connectivity index is 0.000000703. The number of aliphatic carboxylic acids is 2. The molecule has 1 aromatic rings. The topological polar surface area (TPSA) is 87.1 Å². The van der Waals surface area contributed by atoms with Gasteiger partial charge in [-0.05, 0) is 74.8 Å². The first-order valence-corrected chi connectivity index (χ1v) is 11.7. The molecule has 0 aromatic heterocycles. The van der Waals surface area contributed by atoms with E-state index in [0.717, 1.165) is 18.8 Å². The van der Waals surface area contributed by atoms with Crippen LogP contribution in [0.3, 0.4) is 0 Å². The summed E-state index contributed by atoms with van der Waals surface area (Å²) in [7, 11) is 0. The van der Waals surface area contributed by atoms with Crippen LogP contribution in [0.5, 0.6) is 5.75 Å². The van der Waals surface area contributed by atoms with Gasteiger partial charge < -0.3 is 19.8 Å². The maximum Gasteiger partial charge on any atom is 0.414 e. The van der Waals surface area contributed by atoms with E-state index in [4.69, 9.17) is 24.5 Å². The van der Waals surface area contributed by atoms with Gasteiger partial charge in [0.15, 0.2) is 0 Å². The first-order chi connectivity index (χ1) is 14.8. The number of rotatable bonds is 10. The van der Waals surface area contributed by atoms with Gasteiger partial charge in [0, 0.05) is 0 Å². The lowest BCUT2D eigenvalue weighted by Crippen LogP contribution is -2.25. The van der Waals surface area contributed by atoms with Crippen molar-refractivity contribution in [2.24, 2.45) is 0 Å². The number of carbonyl (C=O) groups is 2. The zero-order chi connectivity index (χ0) is 23.1. The van der Waals surface area contributed by atoms with Crippen LogP contribution in [0.1, 0.15) is 84.1 Å². The summed E-state index contributed by atoms with van der Waals surface area (Å²) in [6, 6.07) is 8.71. The van der Waals surface area contributed by atoms with E-state index in [9.17, 15) is 0 Å². The molecule has 0 spiro atoms. The largest absolute Gasteiger partial charge is 0.494 e. The first kappa shape index (κ1) is 27.0. The number of unbranched alkanes of at least 4 members (excludes halogenated alkanes) is 3. The fourth-order valence-electron chi connectivity index (χ4n) is 3.55. The minimum Gasteiger partial charge on any atom is -0.494 e. The number of carboxylic acids is 2.